The van der Waals surface area contributed by atoms with Crippen molar-refractivity contribution in [3.05, 3.63) is 35.6 Å². The van der Waals surface area contributed by atoms with E-state index in [0.29, 0.717) is 38.2 Å². The van der Waals surface area contributed by atoms with Crippen LogP contribution in [0.15, 0.2) is 24.3 Å². The summed E-state index contributed by atoms with van der Waals surface area (Å²) < 4.78 is 12.9. The fourth-order valence-electron chi connectivity index (χ4n) is 2.57. The molecule has 0 aromatic heterocycles. The molecule has 0 spiro atoms. The van der Waals surface area contributed by atoms with Gasteiger partial charge in [0.25, 0.3) is 5.91 Å². The number of carbonyl (C=O) groups excluding carboxylic acids is 2. The highest BCUT2D eigenvalue weighted by molar-refractivity contribution is 5.94. The number of hydrogen-bond acceptors (Lipinski definition) is 3. The molecule has 0 bridgehead atoms. The van der Waals surface area contributed by atoms with Crippen molar-refractivity contribution < 1.29 is 14.0 Å². The van der Waals surface area contributed by atoms with Gasteiger partial charge in [0.15, 0.2) is 0 Å². The third-order valence-corrected chi connectivity index (χ3v) is 3.89. The van der Waals surface area contributed by atoms with Crippen LogP contribution in [0.4, 0.5) is 4.39 Å². The van der Waals surface area contributed by atoms with Crippen molar-refractivity contribution >= 4 is 11.8 Å². The summed E-state index contributed by atoms with van der Waals surface area (Å²) in [4.78, 5) is 27.8. The molecule has 0 aliphatic carbocycles. The van der Waals surface area contributed by atoms with Crippen molar-refractivity contribution in [2.24, 2.45) is 5.73 Å². The van der Waals surface area contributed by atoms with Crippen molar-refractivity contribution in [2.75, 3.05) is 26.2 Å². The van der Waals surface area contributed by atoms with Crippen LogP contribution in [0.5, 0.6) is 0 Å². The summed E-state index contributed by atoms with van der Waals surface area (Å²) >= 11 is 0. The summed E-state index contributed by atoms with van der Waals surface area (Å²) in [6.07, 6.45) is 1.55. The van der Waals surface area contributed by atoms with Crippen LogP contribution in [-0.4, -0.2) is 53.8 Å². The van der Waals surface area contributed by atoms with Crippen molar-refractivity contribution in [3.8, 4) is 0 Å². The molecule has 1 saturated heterocycles. The fourth-order valence-corrected chi connectivity index (χ4v) is 2.57. The topological polar surface area (TPSA) is 66.6 Å². The van der Waals surface area contributed by atoms with Gasteiger partial charge in [0.2, 0.25) is 5.91 Å². The van der Waals surface area contributed by atoms with Crippen LogP contribution >= 0.6 is 0 Å². The maximum absolute atomic E-state index is 12.9. The number of hydrogen-bond donors (Lipinski definition) is 1. The largest absolute Gasteiger partial charge is 0.338 e. The first kappa shape index (κ1) is 16.4. The number of benzene rings is 1. The number of nitrogens with two attached hydrogens (primary N) is 1. The van der Waals surface area contributed by atoms with E-state index < -0.39 is 6.04 Å². The minimum atomic E-state index is -0.454. The molecular weight excluding hydrogens is 285 g/mol. The van der Waals surface area contributed by atoms with Gasteiger partial charge in [-0.15, -0.1) is 0 Å². The van der Waals surface area contributed by atoms with Crippen molar-refractivity contribution in [1.29, 1.82) is 0 Å². The molecule has 2 N–H and O–H groups in total. The van der Waals surface area contributed by atoms with Crippen LogP contribution in [0.1, 0.15) is 30.1 Å². The van der Waals surface area contributed by atoms with E-state index in [-0.39, 0.29) is 17.6 Å². The van der Waals surface area contributed by atoms with Crippen molar-refractivity contribution in [1.82, 2.24) is 9.80 Å². The Hall–Kier alpha value is -1.95. The van der Waals surface area contributed by atoms with Gasteiger partial charge in [-0.3, -0.25) is 9.59 Å². The molecule has 5 nitrogen and oxygen atoms in total. The molecule has 1 aliphatic heterocycles. The Kier molecular flexibility index (Phi) is 5.49. The number of piperazine rings is 1. The molecule has 2 amide bonds. The van der Waals surface area contributed by atoms with Crippen LogP contribution in [0.2, 0.25) is 0 Å². The van der Waals surface area contributed by atoms with Crippen LogP contribution in [0.25, 0.3) is 0 Å². The smallest absolute Gasteiger partial charge is 0.253 e. The minimum Gasteiger partial charge on any atom is -0.338 e. The Labute approximate surface area is 129 Å². The quantitative estimate of drug-likeness (QED) is 0.910. The van der Waals surface area contributed by atoms with Gasteiger partial charge < -0.3 is 15.5 Å². The highest BCUT2D eigenvalue weighted by Crippen LogP contribution is 2.11. The molecule has 120 valence electrons. The maximum atomic E-state index is 12.9. The van der Waals surface area contributed by atoms with Crippen LogP contribution in [0, 0.1) is 5.82 Å². The Bertz CT molecular complexity index is 525. The summed E-state index contributed by atoms with van der Waals surface area (Å²) in [6, 6.07) is 5.05. The Morgan fingerprint density at radius 2 is 1.68 bits per heavy atom. The molecule has 6 heteroatoms. The molecule has 0 radical (unpaired) electrons. The predicted octanol–water partition coefficient (Wildman–Crippen LogP) is 1.24. The second-order valence-corrected chi connectivity index (χ2v) is 5.52. The van der Waals surface area contributed by atoms with E-state index in [9.17, 15) is 14.0 Å². The van der Waals surface area contributed by atoms with Gasteiger partial charge in [-0.2, -0.15) is 0 Å². The van der Waals surface area contributed by atoms with Gasteiger partial charge >= 0.3 is 0 Å². The molecule has 2 rings (SSSR count). The average Bonchev–Trinajstić information content (AvgIpc) is 2.54. The van der Waals surface area contributed by atoms with E-state index in [1.165, 1.54) is 24.3 Å². The average molecular weight is 307 g/mol. The Morgan fingerprint density at radius 3 is 2.23 bits per heavy atom. The number of rotatable bonds is 4. The Balaban J connectivity index is 1.90. The number of carbonyl (C=O) groups is 2. The molecule has 1 fully saturated rings. The van der Waals surface area contributed by atoms with Crippen LogP contribution in [0.3, 0.4) is 0 Å². The normalized spacial score (nSPS) is 16.5. The Morgan fingerprint density at radius 1 is 1.14 bits per heavy atom. The standard InChI is InChI=1S/C16H22FN3O2/c1-2-3-14(18)16(22)20-10-8-19(9-11-20)15(21)12-4-6-13(17)7-5-12/h4-7,14H,2-3,8-11,18H2,1H3. The molecule has 0 saturated carbocycles. The lowest BCUT2D eigenvalue weighted by Crippen LogP contribution is -2.54. The zero-order valence-electron chi connectivity index (χ0n) is 12.8. The molecule has 1 heterocycles. The van der Waals surface area contributed by atoms with Gasteiger partial charge in [0, 0.05) is 31.7 Å². The number of halogens is 1. The van der Waals surface area contributed by atoms with Gasteiger partial charge in [-0.05, 0) is 30.7 Å². The number of nitrogens with zero attached hydrogens (tertiary/aromatic N) is 2. The maximum Gasteiger partial charge on any atom is 0.253 e. The molecule has 1 aliphatic rings. The van der Waals surface area contributed by atoms with E-state index in [1.807, 2.05) is 6.92 Å². The van der Waals surface area contributed by atoms with E-state index in [4.69, 9.17) is 5.73 Å². The lowest BCUT2D eigenvalue weighted by Gasteiger charge is -2.36. The second-order valence-electron chi connectivity index (χ2n) is 5.52. The molecular formula is C16H22FN3O2. The van der Waals surface area contributed by atoms with Gasteiger partial charge in [-0.25, -0.2) is 4.39 Å². The van der Waals surface area contributed by atoms with Crippen LogP contribution < -0.4 is 5.73 Å². The summed E-state index contributed by atoms with van der Waals surface area (Å²) in [6.45, 7) is 3.92. The summed E-state index contributed by atoms with van der Waals surface area (Å²) in [5, 5.41) is 0. The monoisotopic (exact) mass is 307 g/mol. The van der Waals surface area contributed by atoms with E-state index in [2.05, 4.69) is 0 Å². The second kappa shape index (κ2) is 7.35. The lowest BCUT2D eigenvalue weighted by atomic mass is 10.1. The zero-order valence-corrected chi connectivity index (χ0v) is 12.8. The van der Waals surface area contributed by atoms with Crippen LogP contribution in [-0.2, 0) is 4.79 Å². The van der Waals surface area contributed by atoms with Gasteiger partial charge in [0.1, 0.15) is 5.82 Å². The first-order valence-corrected chi connectivity index (χ1v) is 7.62. The first-order chi connectivity index (χ1) is 10.5. The highest BCUT2D eigenvalue weighted by atomic mass is 19.1. The van der Waals surface area contributed by atoms with Crippen molar-refractivity contribution in [3.63, 3.8) is 0 Å². The number of amides is 2. The molecule has 1 atom stereocenters. The van der Waals surface area contributed by atoms with E-state index >= 15 is 0 Å². The van der Waals surface area contributed by atoms with Gasteiger partial charge in [0.05, 0.1) is 6.04 Å². The third kappa shape index (κ3) is 3.82. The molecule has 1 aromatic carbocycles. The van der Waals surface area contributed by atoms with E-state index in [1.54, 1.807) is 9.80 Å². The van der Waals surface area contributed by atoms with E-state index in [0.717, 1.165) is 6.42 Å². The molecule has 1 aromatic rings. The zero-order chi connectivity index (χ0) is 16.1. The summed E-state index contributed by atoms with van der Waals surface area (Å²) in [5.41, 5.74) is 6.31. The summed E-state index contributed by atoms with van der Waals surface area (Å²) in [7, 11) is 0. The highest BCUT2D eigenvalue weighted by Gasteiger charge is 2.27. The molecule has 22 heavy (non-hydrogen) atoms. The SMILES string of the molecule is CCCC(N)C(=O)N1CCN(C(=O)c2ccc(F)cc2)CC1. The van der Waals surface area contributed by atoms with Crippen molar-refractivity contribution in [2.45, 2.75) is 25.8 Å². The molecule has 1 unspecified atom stereocenters. The third-order valence-electron chi connectivity index (χ3n) is 3.89. The minimum absolute atomic E-state index is 0.0456. The van der Waals surface area contributed by atoms with Gasteiger partial charge in [-0.1, -0.05) is 13.3 Å². The first-order valence-electron chi connectivity index (χ1n) is 7.62. The predicted molar refractivity (Wildman–Crippen MR) is 81.8 cm³/mol. The summed E-state index contributed by atoms with van der Waals surface area (Å²) in [5.74, 6) is -0.544. The lowest BCUT2D eigenvalue weighted by molar-refractivity contribution is -0.134. The fraction of sp³-hybridized carbons (Fsp3) is 0.500.